The minimum absolute atomic E-state index is 0.0580. The second-order valence-corrected chi connectivity index (χ2v) is 6.71. The molecule has 0 radical (unpaired) electrons. The van der Waals surface area contributed by atoms with Gasteiger partial charge in [0.15, 0.2) is 4.90 Å². The van der Waals surface area contributed by atoms with Crippen molar-refractivity contribution in [3.05, 3.63) is 34.1 Å². The molecular weight excluding hydrogens is 289 g/mol. The van der Waals surface area contributed by atoms with Crippen molar-refractivity contribution < 1.29 is 17.7 Å². The number of benzene rings is 1. The first-order valence-corrected chi connectivity index (χ1v) is 7.37. The van der Waals surface area contributed by atoms with Gasteiger partial charge in [0.2, 0.25) is 15.8 Å². The Balaban J connectivity index is 2.51. The van der Waals surface area contributed by atoms with Crippen LogP contribution in [0.25, 0.3) is 0 Å². The molecule has 1 saturated heterocycles. The number of halogens is 1. The van der Waals surface area contributed by atoms with E-state index in [-0.39, 0.29) is 25.0 Å². The van der Waals surface area contributed by atoms with Crippen LogP contribution in [0.15, 0.2) is 23.1 Å². The predicted molar refractivity (Wildman–Crippen MR) is 69.0 cm³/mol. The molecule has 2 unspecified atom stereocenters. The Morgan fingerprint density at radius 1 is 1.45 bits per heavy atom. The Morgan fingerprint density at radius 2 is 2.10 bits per heavy atom. The van der Waals surface area contributed by atoms with Crippen LogP contribution < -0.4 is 5.73 Å². The Labute approximate surface area is 115 Å². The van der Waals surface area contributed by atoms with Crippen LogP contribution in [0.3, 0.4) is 0 Å². The molecule has 2 atom stereocenters. The summed E-state index contributed by atoms with van der Waals surface area (Å²) in [6.45, 7) is 2.02. The third kappa shape index (κ3) is 2.39. The van der Waals surface area contributed by atoms with Gasteiger partial charge >= 0.3 is 5.69 Å². The van der Waals surface area contributed by atoms with Crippen LogP contribution in [-0.2, 0) is 10.0 Å². The van der Waals surface area contributed by atoms with E-state index in [9.17, 15) is 22.9 Å². The molecule has 20 heavy (non-hydrogen) atoms. The highest BCUT2D eigenvalue weighted by Gasteiger charge is 2.39. The van der Waals surface area contributed by atoms with Crippen LogP contribution in [0.5, 0.6) is 0 Å². The molecule has 1 aromatic rings. The van der Waals surface area contributed by atoms with Gasteiger partial charge in [0.25, 0.3) is 0 Å². The Morgan fingerprint density at radius 3 is 2.60 bits per heavy atom. The summed E-state index contributed by atoms with van der Waals surface area (Å²) in [6, 6.07) is 2.69. The number of hydrogen-bond donors (Lipinski definition) is 1. The van der Waals surface area contributed by atoms with Gasteiger partial charge in [-0.2, -0.15) is 8.70 Å². The standard InChI is InChI=1S/C11H14FN3O4S/c1-7-5-14(6-9(7)13)20(18,19)10-4-2-3-8(12)11(10)15(16)17/h2-4,7,9H,5-6,13H2,1H3. The summed E-state index contributed by atoms with van der Waals surface area (Å²) in [7, 11) is -4.13. The molecule has 1 aliphatic heterocycles. The van der Waals surface area contributed by atoms with Crippen LogP contribution in [0.4, 0.5) is 10.1 Å². The molecule has 1 aliphatic rings. The second-order valence-electron chi connectivity index (χ2n) is 4.81. The predicted octanol–water partition coefficient (Wildman–Crippen LogP) is 0.702. The summed E-state index contributed by atoms with van der Waals surface area (Å²) >= 11 is 0. The molecule has 2 N–H and O–H groups in total. The third-order valence-electron chi connectivity index (χ3n) is 3.39. The second kappa shape index (κ2) is 5.08. The van der Waals surface area contributed by atoms with Gasteiger partial charge in [0.1, 0.15) is 0 Å². The lowest BCUT2D eigenvalue weighted by Crippen LogP contribution is -2.32. The van der Waals surface area contributed by atoms with Gasteiger partial charge in [-0.25, -0.2) is 8.42 Å². The van der Waals surface area contributed by atoms with Gasteiger partial charge in [0, 0.05) is 19.1 Å². The molecule has 9 heteroatoms. The lowest BCUT2D eigenvalue weighted by Gasteiger charge is -2.16. The number of para-hydroxylation sites is 1. The number of rotatable bonds is 3. The molecule has 0 bridgehead atoms. The van der Waals surface area contributed by atoms with Crippen LogP contribution in [0, 0.1) is 21.8 Å². The van der Waals surface area contributed by atoms with E-state index in [2.05, 4.69) is 0 Å². The van der Waals surface area contributed by atoms with E-state index < -0.39 is 31.3 Å². The molecule has 2 rings (SSSR count). The SMILES string of the molecule is CC1CN(S(=O)(=O)c2cccc(F)c2[N+](=O)[O-])CC1N. The highest BCUT2D eigenvalue weighted by atomic mass is 32.2. The van der Waals surface area contributed by atoms with Crippen LogP contribution >= 0.6 is 0 Å². The molecule has 1 heterocycles. The number of nitro groups is 1. The molecule has 0 amide bonds. The molecule has 1 aromatic carbocycles. The number of nitrogens with zero attached hydrogens (tertiary/aromatic N) is 2. The monoisotopic (exact) mass is 303 g/mol. The molecule has 7 nitrogen and oxygen atoms in total. The van der Waals surface area contributed by atoms with Crippen molar-refractivity contribution in [1.82, 2.24) is 4.31 Å². The van der Waals surface area contributed by atoms with Crippen LogP contribution in [-0.4, -0.2) is 36.8 Å². The van der Waals surface area contributed by atoms with Crippen molar-refractivity contribution in [3.8, 4) is 0 Å². The van der Waals surface area contributed by atoms with Crippen molar-refractivity contribution in [2.75, 3.05) is 13.1 Å². The summed E-state index contributed by atoms with van der Waals surface area (Å²) in [5.74, 6) is -1.23. The fraction of sp³-hybridized carbons (Fsp3) is 0.455. The number of nitrogens with two attached hydrogens (primary N) is 1. The molecule has 0 aliphatic carbocycles. The lowest BCUT2D eigenvalue weighted by molar-refractivity contribution is -0.390. The van der Waals surface area contributed by atoms with E-state index >= 15 is 0 Å². The molecule has 0 spiro atoms. The minimum Gasteiger partial charge on any atom is -0.326 e. The minimum atomic E-state index is -4.13. The highest BCUT2D eigenvalue weighted by molar-refractivity contribution is 7.89. The van der Waals surface area contributed by atoms with E-state index in [0.29, 0.717) is 0 Å². The van der Waals surface area contributed by atoms with E-state index in [4.69, 9.17) is 5.73 Å². The molecule has 0 saturated carbocycles. The Bertz CT molecular complexity index is 639. The van der Waals surface area contributed by atoms with Gasteiger partial charge in [-0.1, -0.05) is 13.0 Å². The van der Waals surface area contributed by atoms with E-state index in [1.807, 2.05) is 0 Å². The highest BCUT2D eigenvalue weighted by Crippen LogP contribution is 2.31. The van der Waals surface area contributed by atoms with Gasteiger partial charge in [-0.3, -0.25) is 10.1 Å². The summed E-state index contributed by atoms with van der Waals surface area (Å²) < 4.78 is 39.4. The summed E-state index contributed by atoms with van der Waals surface area (Å²) in [5, 5.41) is 10.9. The van der Waals surface area contributed by atoms with Gasteiger partial charge < -0.3 is 5.73 Å². The van der Waals surface area contributed by atoms with Crippen LogP contribution in [0.1, 0.15) is 6.92 Å². The quantitative estimate of drug-likeness (QED) is 0.653. The van der Waals surface area contributed by atoms with Crippen molar-refractivity contribution in [3.63, 3.8) is 0 Å². The van der Waals surface area contributed by atoms with Gasteiger partial charge in [0.05, 0.1) is 4.92 Å². The molecule has 0 aromatic heterocycles. The first kappa shape index (κ1) is 14.8. The largest absolute Gasteiger partial charge is 0.326 e. The zero-order valence-corrected chi connectivity index (χ0v) is 11.5. The summed E-state index contributed by atoms with van der Waals surface area (Å²) in [6.07, 6.45) is 0. The summed E-state index contributed by atoms with van der Waals surface area (Å²) in [4.78, 5) is 9.23. The van der Waals surface area contributed by atoms with Crippen molar-refractivity contribution in [2.45, 2.75) is 17.9 Å². The average Bonchev–Trinajstić information content (AvgIpc) is 2.69. The maximum Gasteiger partial charge on any atom is 0.324 e. The third-order valence-corrected chi connectivity index (χ3v) is 5.25. The summed E-state index contributed by atoms with van der Waals surface area (Å²) in [5.41, 5.74) is 4.73. The van der Waals surface area contributed by atoms with E-state index in [1.165, 1.54) is 0 Å². The van der Waals surface area contributed by atoms with Crippen molar-refractivity contribution in [2.24, 2.45) is 11.7 Å². The van der Waals surface area contributed by atoms with Crippen molar-refractivity contribution in [1.29, 1.82) is 0 Å². The van der Waals surface area contributed by atoms with Crippen molar-refractivity contribution >= 4 is 15.7 Å². The lowest BCUT2D eigenvalue weighted by atomic mass is 10.1. The smallest absolute Gasteiger partial charge is 0.324 e. The topological polar surface area (TPSA) is 107 Å². The maximum absolute atomic E-state index is 13.5. The zero-order valence-electron chi connectivity index (χ0n) is 10.7. The fourth-order valence-corrected chi connectivity index (χ4v) is 3.91. The zero-order chi connectivity index (χ0) is 15.1. The Hall–Kier alpha value is -1.58. The van der Waals surface area contributed by atoms with E-state index in [1.54, 1.807) is 6.92 Å². The molecule has 1 fully saturated rings. The average molecular weight is 303 g/mol. The number of hydrogen-bond acceptors (Lipinski definition) is 5. The first-order valence-electron chi connectivity index (χ1n) is 5.93. The fourth-order valence-electron chi connectivity index (χ4n) is 2.16. The number of sulfonamides is 1. The maximum atomic E-state index is 13.5. The van der Waals surface area contributed by atoms with Gasteiger partial charge in [-0.15, -0.1) is 0 Å². The first-order chi connectivity index (χ1) is 9.25. The van der Waals surface area contributed by atoms with E-state index in [0.717, 1.165) is 22.5 Å². The molecular formula is C11H14FN3O4S. The van der Waals surface area contributed by atoms with Gasteiger partial charge in [-0.05, 0) is 18.1 Å². The number of nitro benzene ring substituents is 1. The van der Waals surface area contributed by atoms with Crippen LogP contribution in [0.2, 0.25) is 0 Å². The normalized spacial score (nSPS) is 23.9. The molecule has 110 valence electrons. The Kier molecular flexibility index (Phi) is 3.76.